The Hall–Kier alpha value is -4.14. The third-order valence-electron chi connectivity index (χ3n) is 5.35. The lowest BCUT2D eigenvalue weighted by Gasteiger charge is -2.22. The molecule has 0 bridgehead atoms. The molecule has 36 heavy (non-hydrogen) atoms. The number of alkyl halides is 1. The molecular formula is C24H20ClF2N7O2. The number of rotatable bonds is 7. The predicted octanol–water partition coefficient (Wildman–Crippen LogP) is 4.04. The quantitative estimate of drug-likeness (QED) is 0.341. The second-order valence-electron chi connectivity index (χ2n) is 8.45. The third-order valence-corrected chi connectivity index (χ3v) is 5.54. The van der Waals surface area contributed by atoms with Gasteiger partial charge in [0.1, 0.15) is 12.2 Å². The highest BCUT2D eigenvalue weighted by molar-refractivity contribution is 6.30. The van der Waals surface area contributed by atoms with Gasteiger partial charge in [0.05, 0.1) is 63.3 Å². The highest BCUT2D eigenvalue weighted by Gasteiger charge is 2.27. The molecule has 0 aliphatic carbocycles. The van der Waals surface area contributed by atoms with Gasteiger partial charge in [-0.25, -0.2) is 18.3 Å². The van der Waals surface area contributed by atoms with E-state index in [1.165, 1.54) is 61.2 Å². The molecule has 1 atom stereocenters. The lowest BCUT2D eigenvalue weighted by atomic mass is 10.0. The number of nitrogens with zero attached hydrogens (tertiary/aromatic N) is 5. The smallest absolute Gasteiger partial charge is 0.255 e. The molecule has 3 aromatic heterocycles. The van der Waals surface area contributed by atoms with Gasteiger partial charge < -0.3 is 15.7 Å². The van der Waals surface area contributed by atoms with Gasteiger partial charge in [-0.15, -0.1) is 0 Å². The molecule has 184 valence electrons. The largest absolute Gasteiger partial charge is 0.387 e. The SMILES string of the molecule is CC(C)(O)C(F)CNC(=O)c1cnc(-c2cnn3cc(Cl)cnc23)cc1Nc1cccc(C#N)c1F. The van der Waals surface area contributed by atoms with Gasteiger partial charge in [-0.05, 0) is 32.0 Å². The molecule has 3 heterocycles. The Morgan fingerprint density at radius 3 is 2.78 bits per heavy atom. The molecule has 1 unspecified atom stereocenters. The van der Waals surface area contributed by atoms with E-state index < -0.39 is 30.0 Å². The summed E-state index contributed by atoms with van der Waals surface area (Å²) in [7, 11) is 0. The number of carbonyl (C=O) groups excluding carboxylic acids is 1. The van der Waals surface area contributed by atoms with E-state index >= 15 is 0 Å². The van der Waals surface area contributed by atoms with E-state index in [9.17, 15) is 18.7 Å². The topological polar surface area (TPSA) is 128 Å². The number of fused-ring (bicyclic) bond motifs is 1. The van der Waals surface area contributed by atoms with Crippen LogP contribution in [-0.4, -0.2) is 48.9 Å². The van der Waals surface area contributed by atoms with Gasteiger partial charge in [0.25, 0.3) is 5.91 Å². The summed E-state index contributed by atoms with van der Waals surface area (Å²) in [6.07, 6.45) is 4.04. The van der Waals surface area contributed by atoms with Crippen molar-refractivity contribution in [1.82, 2.24) is 24.9 Å². The van der Waals surface area contributed by atoms with Crippen LogP contribution in [-0.2, 0) is 0 Å². The molecule has 0 spiro atoms. The van der Waals surface area contributed by atoms with Crippen molar-refractivity contribution in [1.29, 1.82) is 5.26 Å². The second-order valence-corrected chi connectivity index (χ2v) is 8.89. The lowest BCUT2D eigenvalue weighted by Crippen LogP contribution is -2.42. The van der Waals surface area contributed by atoms with Crippen molar-refractivity contribution in [2.75, 3.05) is 11.9 Å². The van der Waals surface area contributed by atoms with Crippen molar-refractivity contribution >= 4 is 34.5 Å². The number of hydrogen-bond acceptors (Lipinski definition) is 7. The maximum absolute atomic E-state index is 14.8. The standard InChI is InChI=1S/C24H20ClF2N7O2/c1-24(2,36)20(26)11-31-23(35)16-9-29-18(15-10-32-34-12-14(25)8-30-22(15)34)6-19(16)33-17-5-3-4-13(7-28)21(17)27/h3-6,8-10,12,20,36H,11H2,1-2H3,(H,29,33)(H,31,35). The van der Waals surface area contributed by atoms with Crippen molar-refractivity contribution in [3.63, 3.8) is 0 Å². The predicted molar refractivity (Wildman–Crippen MR) is 129 cm³/mol. The molecule has 0 aliphatic heterocycles. The van der Waals surface area contributed by atoms with E-state index in [4.69, 9.17) is 16.9 Å². The Labute approximate surface area is 209 Å². The van der Waals surface area contributed by atoms with Crippen LogP contribution in [0.3, 0.4) is 0 Å². The van der Waals surface area contributed by atoms with Crippen LogP contribution in [0, 0.1) is 17.1 Å². The average Bonchev–Trinajstić information content (AvgIpc) is 3.26. The fourth-order valence-electron chi connectivity index (χ4n) is 3.31. The first kappa shape index (κ1) is 25.0. The van der Waals surface area contributed by atoms with Crippen LogP contribution in [0.15, 0.2) is 49.1 Å². The highest BCUT2D eigenvalue weighted by atomic mass is 35.5. The summed E-state index contributed by atoms with van der Waals surface area (Å²) in [5.74, 6) is -1.51. The molecule has 4 rings (SSSR count). The zero-order valence-corrected chi connectivity index (χ0v) is 19.9. The van der Waals surface area contributed by atoms with Gasteiger partial charge >= 0.3 is 0 Å². The number of carbonyl (C=O) groups is 1. The summed E-state index contributed by atoms with van der Waals surface area (Å²) < 4.78 is 30.4. The van der Waals surface area contributed by atoms with E-state index in [0.717, 1.165) is 0 Å². The summed E-state index contributed by atoms with van der Waals surface area (Å²) in [6.45, 7) is 2.12. The van der Waals surface area contributed by atoms with Gasteiger partial charge in [0.2, 0.25) is 0 Å². The van der Waals surface area contributed by atoms with Crippen LogP contribution in [0.5, 0.6) is 0 Å². The number of pyridine rings is 1. The maximum atomic E-state index is 14.8. The number of hydrogen-bond donors (Lipinski definition) is 3. The summed E-state index contributed by atoms with van der Waals surface area (Å²) in [4.78, 5) is 21.5. The Morgan fingerprint density at radius 1 is 1.28 bits per heavy atom. The summed E-state index contributed by atoms with van der Waals surface area (Å²) >= 11 is 5.97. The van der Waals surface area contributed by atoms with Crippen LogP contribution in [0.1, 0.15) is 29.8 Å². The third kappa shape index (κ3) is 5.10. The number of benzene rings is 1. The summed E-state index contributed by atoms with van der Waals surface area (Å²) in [5, 5.41) is 28.8. The minimum Gasteiger partial charge on any atom is -0.387 e. The Balaban J connectivity index is 1.75. The molecule has 0 saturated heterocycles. The second kappa shape index (κ2) is 9.85. The van der Waals surface area contributed by atoms with Crippen LogP contribution in [0.2, 0.25) is 5.02 Å². The molecule has 1 aromatic carbocycles. The normalized spacial score (nSPS) is 12.2. The van der Waals surface area contributed by atoms with Crippen molar-refractivity contribution in [2.45, 2.75) is 25.6 Å². The molecule has 12 heteroatoms. The molecule has 0 saturated carbocycles. The van der Waals surface area contributed by atoms with Crippen molar-refractivity contribution in [3.05, 3.63) is 71.0 Å². The lowest BCUT2D eigenvalue weighted by molar-refractivity contribution is -0.00177. The first-order valence-electron chi connectivity index (χ1n) is 10.7. The zero-order chi connectivity index (χ0) is 26.0. The molecule has 3 N–H and O–H groups in total. The number of nitrogens with one attached hydrogen (secondary N) is 2. The summed E-state index contributed by atoms with van der Waals surface area (Å²) in [5.41, 5.74) is -0.460. The van der Waals surface area contributed by atoms with Crippen LogP contribution in [0.4, 0.5) is 20.2 Å². The van der Waals surface area contributed by atoms with E-state index in [2.05, 4.69) is 25.7 Å². The number of aliphatic hydroxyl groups is 1. The maximum Gasteiger partial charge on any atom is 0.255 e. The molecule has 0 fully saturated rings. The van der Waals surface area contributed by atoms with E-state index in [0.29, 0.717) is 21.9 Å². The number of anilines is 2. The zero-order valence-electron chi connectivity index (χ0n) is 19.1. The molecule has 9 nitrogen and oxygen atoms in total. The Morgan fingerprint density at radius 2 is 2.06 bits per heavy atom. The van der Waals surface area contributed by atoms with Crippen LogP contribution < -0.4 is 10.6 Å². The number of aromatic nitrogens is 4. The van der Waals surface area contributed by atoms with Gasteiger partial charge in [-0.3, -0.25) is 9.78 Å². The van der Waals surface area contributed by atoms with E-state index in [1.807, 2.05) is 0 Å². The monoisotopic (exact) mass is 511 g/mol. The minimum atomic E-state index is -1.73. The highest BCUT2D eigenvalue weighted by Crippen LogP contribution is 2.30. The molecule has 4 aromatic rings. The molecule has 0 aliphatic rings. The van der Waals surface area contributed by atoms with Crippen molar-refractivity contribution in [3.8, 4) is 17.3 Å². The number of nitriles is 1. The number of amides is 1. The van der Waals surface area contributed by atoms with Gasteiger partial charge in [-0.1, -0.05) is 17.7 Å². The average molecular weight is 512 g/mol. The van der Waals surface area contributed by atoms with Crippen molar-refractivity contribution in [2.24, 2.45) is 0 Å². The summed E-state index contributed by atoms with van der Waals surface area (Å²) in [6, 6.07) is 7.46. The molecular weight excluding hydrogens is 492 g/mol. The Kier molecular flexibility index (Phi) is 6.83. The molecule has 1 amide bonds. The first-order valence-corrected chi connectivity index (χ1v) is 11.1. The fraction of sp³-hybridized carbons (Fsp3) is 0.208. The van der Waals surface area contributed by atoms with Gasteiger partial charge in [0, 0.05) is 12.4 Å². The van der Waals surface area contributed by atoms with Crippen LogP contribution >= 0.6 is 11.6 Å². The Bertz CT molecular complexity index is 1490. The molecule has 0 radical (unpaired) electrons. The van der Waals surface area contributed by atoms with Crippen molar-refractivity contribution < 1.29 is 18.7 Å². The van der Waals surface area contributed by atoms with Gasteiger partial charge in [-0.2, -0.15) is 10.4 Å². The minimum absolute atomic E-state index is 0.0177. The first-order chi connectivity index (χ1) is 17.1. The fourth-order valence-corrected chi connectivity index (χ4v) is 3.45. The van der Waals surface area contributed by atoms with E-state index in [-0.39, 0.29) is 22.5 Å². The number of halogens is 3. The van der Waals surface area contributed by atoms with E-state index in [1.54, 1.807) is 12.3 Å². The van der Waals surface area contributed by atoms with Crippen LogP contribution in [0.25, 0.3) is 16.9 Å². The van der Waals surface area contributed by atoms with Gasteiger partial charge in [0.15, 0.2) is 11.5 Å².